The Morgan fingerprint density at radius 1 is 1.21 bits per heavy atom. The minimum atomic E-state index is -0.0889. The third-order valence-corrected chi connectivity index (χ3v) is 4.30. The van der Waals surface area contributed by atoms with Gasteiger partial charge in [-0.2, -0.15) is 0 Å². The van der Waals surface area contributed by atoms with Gasteiger partial charge in [-0.15, -0.1) is 0 Å². The van der Waals surface area contributed by atoms with Gasteiger partial charge < -0.3 is 21.1 Å². The Kier molecular flexibility index (Phi) is 5.01. The molecule has 0 aliphatic heterocycles. The molecule has 1 atom stereocenters. The van der Waals surface area contributed by atoms with E-state index in [1.807, 2.05) is 48.5 Å². The molecule has 1 fully saturated rings. The fourth-order valence-electron chi connectivity index (χ4n) is 2.73. The van der Waals surface area contributed by atoms with Crippen molar-refractivity contribution in [1.82, 2.24) is 5.32 Å². The lowest BCUT2D eigenvalue weighted by Crippen LogP contribution is -2.41. The van der Waals surface area contributed by atoms with E-state index in [0.717, 1.165) is 30.0 Å². The number of nitrogens with one attached hydrogen (secondary N) is 2. The summed E-state index contributed by atoms with van der Waals surface area (Å²) in [6, 6.07) is 15.1. The summed E-state index contributed by atoms with van der Waals surface area (Å²) in [7, 11) is 1.63. The molecule has 0 heterocycles. The Morgan fingerprint density at radius 2 is 1.92 bits per heavy atom. The molecule has 1 amide bonds. The molecule has 1 aliphatic carbocycles. The van der Waals surface area contributed by atoms with Crippen molar-refractivity contribution in [2.75, 3.05) is 19.0 Å². The topological polar surface area (TPSA) is 76.4 Å². The number of hydrogen-bond acceptors (Lipinski definition) is 4. The highest BCUT2D eigenvalue weighted by atomic mass is 16.5. The lowest BCUT2D eigenvalue weighted by molar-refractivity contribution is 0.0934. The molecule has 2 aromatic rings. The van der Waals surface area contributed by atoms with Gasteiger partial charge in [0, 0.05) is 18.3 Å². The average Bonchev–Trinajstić information content (AvgIpc) is 3.45. The first-order chi connectivity index (χ1) is 11.7. The number of nitrogens with two attached hydrogens (primary N) is 1. The predicted molar refractivity (Wildman–Crippen MR) is 95.8 cm³/mol. The molecule has 126 valence electrons. The first-order valence-corrected chi connectivity index (χ1v) is 8.22. The van der Waals surface area contributed by atoms with Crippen LogP contribution in [0.25, 0.3) is 0 Å². The van der Waals surface area contributed by atoms with Gasteiger partial charge in [-0.25, -0.2) is 0 Å². The highest BCUT2D eigenvalue weighted by molar-refractivity contribution is 6.00. The molecule has 0 radical (unpaired) electrons. The van der Waals surface area contributed by atoms with Crippen molar-refractivity contribution in [1.29, 1.82) is 0 Å². The smallest absolute Gasteiger partial charge is 0.253 e. The molecule has 1 unspecified atom stereocenters. The Bertz CT molecular complexity index is 696. The molecular weight excluding hydrogens is 302 g/mol. The lowest BCUT2D eigenvalue weighted by atomic mass is 10.1. The molecule has 1 saturated carbocycles. The van der Waals surface area contributed by atoms with Gasteiger partial charge in [0.1, 0.15) is 5.75 Å². The van der Waals surface area contributed by atoms with Gasteiger partial charge in [-0.05, 0) is 55.2 Å². The third-order valence-electron chi connectivity index (χ3n) is 4.30. The number of ether oxygens (including phenoxy) is 1. The number of para-hydroxylation sites is 1. The summed E-state index contributed by atoms with van der Waals surface area (Å²) in [6.07, 6.45) is 2.29. The molecule has 4 N–H and O–H groups in total. The van der Waals surface area contributed by atoms with Gasteiger partial charge in [0.25, 0.3) is 5.91 Å². The zero-order valence-corrected chi connectivity index (χ0v) is 13.8. The van der Waals surface area contributed by atoms with Crippen molar-refractivity contribution in [3.63, 3.8) is 0 Å². The number of benzene rings is 2. The standard InChI is InChI=1S/C19H23N3O2/c1-24-15-10-8-14(9-11-15)21-17-5-3-2-4-16(17)19(23)22-18(12-20)13-6-7-13/h2-5,8-11,13,18,21H,6-7,12,20H2,1H3,(H,22,23). The van der Waals surface area contributed by atoms with E-state index in [1.54, 1.807) is 7.11 Å². The molecule has 2 aromatic carbocycles. The summed E-state index contributed by atoms with van der Waals surface area (Å²) in [4.78, 5) is 12.6. The van der Waals surface area contributed by atoms with Crippen LogP contribution in [-0.4, -0.2) is 25.6 Å². The van der Waals surface area contributed by atoms with Crippen molar-refractivity contribution in [3.8, 4) is 5.75 Å². The van der Waals surface area contributed by atoms with Gasteiger partial charge in [0.15, 0.2) is 0 Å². The minimum Gasteiger partial charge on any atom is -0.497 e. The maximum Gasteiger partial charge on any atom is 0.253 e. The first-order valence-electron chi connectivity index (χ1n) is 8.22. The maximum atomic E-state index is 12.6. The summed E-state index contributed by atoms with van der Waals surface area (Å²) >= 11 is 0. The van der Waals surface area contributed by atoms with E-state index >= 15 is 0 Å². The molecule has 0 saturated heterocycles. The van der Waals surface area contributed by atoms with Crippen molar-refractivity contribution < 1.29 is 9.53 Å². The highest BCUT2D eigenvalue weighted by Gasteiger charge is 2.31. The first kappa shape index (κ1) is 16.3. The number of anilines is 2. The van der Waals surface area contributed by atoms with E-state index < -0.39 is 0 Å². The monoisotopic (exact) mass is 325 g/mol. The van der Waals surface area contributed by atoms with Crippen LogP contribution in [0.1, 0.15) is 23.2 Å². The van der Waals surface area contributed by atoms with E-state index in [1.165, 1.54) is 0 Å². The Morgan fingerprint density at radius 3 is 2.54 bits per heavy atom. The van der Waals surface area contributed by atoms with Crippen LogP contribution < -0.4 is 21.1 Å². The summed E-state index contributed by atoms with van der Waals surface area (Å²) in [5.41, 5.74) is 8.07. The molecule has 0 spiro atoms. The van der Waals surface area contributed by atoms with Gasteiger partial charge in [0.2, 0.25) is 0 Å². The minimum absolute atomic E-state index is 0.0616. The zero-order chi connectivity index (χ0) is 16.9. The van der Waals surface area contributed by atoms with Crippen molar-refractivity contribution in [2.24, 2.45) is 11.7 Å². The van der Waals surface area contributed by atoms with Crippen LogP contribution in [0.2, 0.25) is 0 Å². The van der Waals surface area contributed by atoms with Crippen LogP contribution in [0.5, 0.6) is 5.75 Å². The molecular formula is C19H23N3O2. The SMILES string of the molecule is COc1ccc(Nc2ccccc2C(=O)NC(CN)C2CC2)cc1. The summed E-state index contributed by atoms with van der Waals surface area (Å²) in [6.45, 7) is 0.477. The summed E-state index contributed by atoms with van der Waals surface area (Å²) < 4.78 is 5.16. The third kappa shape index (κ3) is 3.86. The molecule has 3 rings (SSSR count). The normalized spacial score (nSPS) is 14.8. The number of methoxy groups -OCH3 is 1. The number of carbonyl (C=O) groups excluding carboxylic acids is 1. The van der Waals surface area contributed by atoms with E-state index in [0.29, 0.717) is 18.0 Å². The van der Waals surface area contributed by atoms with Gasteiger partial charge in [-0.3, -0.25) is 4.79 Å². The second kappa shape index (κ2) is 7.36. The van der Waals surface area contributed by atoms with Crippen LogP contribution in [0.3, 0.4) is 0 Å². The van der Waals surface area contributed by atoms with Crippen molar-refractivity contribution in [2.45, 2.75) is 18.9 Å². The molecule has 0 aromatic heterocycles. The number of rotatable bonds is 7. The number of amides is 1. The van der Waals surface area contributed by atoms with Crippen molar-refractivity contribution in [3.05, 3.63) is 54.1 Å². The zero-order valence-electron chi connectivity index (χ0n) is 13.8. The Balaban J connectivity index is 1.75. The van der Waals surface area contributed by atoms with E-state index in [2.05, 4.69) is 10.6 Å². The molecule has 1 aliphatic rings. The second-order valence-electron chi connectivity index (χ2n) is 6.05. The number of hydrogen-bond donors (Lipinski definition) is 3. The largest absolute Gasteiger partial charge is 0.497 e. The summed E-state index contributed by atoms with van der Waals surface area (Å²) in [5.74, 6) is 1.23. The number of carbonyl (C=O) groups is 1. The van der Waals surface area contributed by atoms with Gasteiger partial charge in [0.05, 0.1) is 18.4 Å². The average molecular weight is 325 g/mol. The maximum absolute atomic E-state index is 12.6. The van der Waals surface area contributed by atoms with Crippen LogP contribution in [0.4, 0.5) is 11.4 Å². The lowest BCUT2D eigenvalue weighted by Gasteiger charge is -2.18. The predicted octanol–water partition coefficient (Wildman–Crippen LogP) is 2.91. The van der Waals surface area contributed by atoms with E-state index in [9.17, 15) is 4.79 Å². The fraction of sp³-hybridized carbons (Fsp3) is 0.316. The van der Waals surface area contributed by atoms with Crippen LogP contribution >= 0.6 is 0 Å². The molecule has 0 bridgehead atoms. The molecule has 5 heteroatoms. The highest BCUT2D eigenvalue weighted by Crippen LogP contribution is 2.32. The Hall–Kier alpha value is -2.53. The van der Waals surface area contributed by atoms with Crippen molar-refractivity contribution >= 4 is 17.3 Å². The van der Waals surface area contributed by atoms with Gasteiger partial charge in [-0.1, -0.05) is 12.1 Å². The van der Waals surface area contributed by atoms with Crippen LogP contribution in [0, 0.1) is 5.92 Å². The molecule has 5 nitrogen and oxygen atoms in total. The molecule has 24 heavy (non-hydrogen) atoms. The van der Waals surface area contributed by atoms with Crippen LogP contribution in [0.15, 0.2) is 48.5 Å². The second-order valence-corrected chi connectivity index (χ2v) is 6.05. The van der Waals surface area contributed by atoms with E-state index in [4.69, 9.17) is 10.5 Å². The Labute approximate surface area is 142 Å². The van der Waals surface area contributed by atoms with Crippen LogP contribution in [-0.2, 0) is 0 Å². The van der Waals surface area contributed by atoms with E-state index in [-0.39, 0.29) is 11.9 Å². The van der Waals surface area contributed by atoms with Gasteiger partial charge >= 0.3 is 0 Å². The fourth-order valence-corrected chi connectivity index (χ4v) is 2.73. The quantitative estimate of drug-likeness (QED) is 0.731. The summed E-state index contributed by atoms with van der Waals surface area (Å²) in [5, 5.41) is 6.36.